The summed E-state index contributed by atoms with van der Waals surface area (Å²) >= 11 is 0. The molecule has 0 radical (unpaired) electrons. The highest BCUT2D eigenvalue weighted by atomic mass is 16.4. The van der Waals surface area contributed by atoms with Crippen LogP contribution in [0, 0.1) is 0 Å². The molecule has 2 amide bonds. The van der Waals surface area contributed by atoms with Gasteiger partial charge in [0.05, 0.1) is 6.10 Å². The highest BCUT2D eigenvalue weighted by Gasteiger charge is 2.34. The fourth-order valence-electron chi connectivity index (χ4n) is 2.05. The first-order valence-corrected chi connectivity index (χ1v) is 6.06. The number of aliphatic hydroxyl groups excluding tert-OH is 1. The molecule has 2 rings (SSSR count). The van der Waals surface area contributed by atoms with Gasteiger partial charge in [0.2, 0.25) is 5.91 Å². The smallest absolute Gasteiger partial charge is 0.405 e. The van der Waals surface area contributed by atoms with Crippen LogP contribution in [0.2, 0.25) is 0 Å². The first-order chi connectivity index (χ1) is 9.06. The lowest BCUT2D eigenvalue weighted by molar-refractivity contribution is -0.143. The number of carbonyl (C=O) groups is 2. The topological polar surface area (TPSA) is 89.9 Å². The van der Waals surface area contributed by atoms with E-state index >= 15 is 0 Å². The molecule has 0 spiro atoms. The maximum absolute atomic E-state index is 12.1. The summed E-state index contributed by atoms with van der Waals surface area (Å²) in [6.07, 6.45) is -1.42. The fourth-order valence-corrected chi connectivity index (χ4v) is 2.05. The second-order valence-electron chi connectivity index (χ2n) is 4.59. The summed E-state index contributed by atoms with van der Waals surface area (Å²) < 4.78 is 0. The van der Waals surface area contributed by atoms with Crippen LogP contribution in [-0.2, 0) is 11.2 Å². The summed E-state index contributed by atoms with van der Waals surface area (Å²) in [5, 5.41) is 20.2. The van der Waals surface area contributed by atoms with Crippen molar-refractivity contribution in [2.45, 2.75) is 18.6 Å². The molecular weight excluding hydrogens is 248 g/mol. The monoisotopic (exact) mass is 264 g/mol. The minimum atomic E-state index is -1.23. The first kappa shape index (κ1) is 13.4. The number of amides is 2. The van der Waals surface area contributed by atoms with Crippen molar-refractivity contribution in [3.05, 3.63) is 35.9 Å². The highest BCUT2D eigenvalue weighted by molar-refractivity contribution is 5.86. The van der Waals surface area contributed by atoms with Crippen molar-refractivity contribution >= 4 is 12.0 Å². The SMILES string of the molecule is O=C(O)NC(Cc1ccccc1)C(=O)N1CC(O)C1. The van der Waals surface area contributed by atoms with E-state index in [0.717, 1.165) is 5.56 Å². The number of hydrogen-bond acceptors (Lipinski definition) is 3. The molecule has 1 atom stereocenters. The molecule has 1 aliphatic heterocycles. The molecule has 1 fully saturated rings. The van der Waals surface area contributed by atoms with E-state index in [2.05, 4.69) is 5.32 Å². The molecule has 1 aromatic carbocycles. The van der Waals surface area contributed by atoms with Gasteiger partial charge in [0.15, 0.2) is 0 Å². The second kappa shape index (κ2) is 5.71. The Morgan fingerprint density at radius 1 is 1.32 bits per heavy atom. The number of nitrogens with zero attached hydrogens (tertiary/aromatic N) is 1. The van der Waals surface area contributed by atoms with Crippen LogP contribution >= 0.6 is 0 Å². The zero-order valence-corrected chi connectivity index (χ0v) is 10.3. The summed E-state index contributed by atoms with van der Waals surface area (Å²) in [5.41, 5.74) is 0.885. The number of nitrogens with one attached hydrogen (secondary N) is 1. The van der Waals surface area contributed by atoms with E-state index < -0.39 is 18.2 Å². The normalized spacial score (nSPS) is 16.6. The lowest BCUT2D eigenvalue weighted by Crippen LogP contribution is -2.59. The molecule has 19 heavy (non-hydrogen) atoms. The average Bonchev–Trinajstić information content (AvgIpc) is 2.34. The van der Waals surface area contributed by atoms with Crippen LogP contribution in [0.4, 0.5) is 4.79 Å². The number of aliphatic hydroxyl groups is 1. The van der Waals surface area contributed by atoms with Crippen molar-refractivity contribution in [2.75, 3.05) is 13.1 Å². The fraction of sp³-hybridized carbons (Fsp3) is 0.385. The van der Waals surface area contributed by atoms with E-state index in [1.54, 1.807) is 0 Å². The average molecular weight is 264 g/mol. The van der Waals surface area contributed by atoms with Crippen LogP contribution in [0.3, 0.4) is 0 Å². The predicted octanol–water partition coefficient (Wildman–Crippen LogP) is 0.0684. The Bertz CT molecular complexity index is 457. The van der Waals surface area contributed by atoms with E-state index in [0.29, 0.717) is 6.42 Å². The minimum Gasteiger partial charge on any atom is -0.465 e. The van der Waals surface area contributed by atoms with Crippen LogP contribution in [0.25, 0.3) is 0 Å². The third-order valence-corrected chi connectivity index (χ3v) is 3.05. The van der Waals surface area contributed by atoms with Crippen LogP contribution in [0.15, 0.2) is 30.3 Å². The highest BCUT2D eigenvalue weighted by Crippen LogP contribution is 2.12. The van der Waals surface area contributed by atoms with Crippen LogP contribution in [-0.4, -0.2) is 52.3 Å². The van der Waals surface area contributed by atoms with Gasteiger partial charge in [-0.3, -0.25) is 4.79 Å². The van der Waals surface area contributed by atoms with Gasteiger partial charge in [-0.25, -0.2) is 4.79 Å². The number of carboxylic acid groups (broad SMARTS) is 1. The van der Waals surface area contributed by atoms with Gasteiger partial charge >= 0.3 is 6.09 Å². The van der Waals surface area contributed by atoms with E-state index in [1.165, 1.54) is 4.90 Å². The van der Waals surface area contributed by atoms with Gasteiger partial charge in [0, 0.05) is 19.5 Å². The van der Waals surface area contributed by atoms with E-state index in [4.69, 9.17) is 5.11 Å². The summed E-state index contributed by atoms with van der Waals surface area (Å²) in [7, 11) is 0. The molecule has 6 nitrogen and oxygen atoms in total. The lowest BCUT2D eigenvalue weighted by atomic mass is 10.0. The summed E-state index contributed by atoms with van der Waals surface area (Å²) in [6.45, 7) is 0.539. The Morgan fingerprint density at radius 2 is 1.95 bits per heavy atom. The second-order valence-corrected chi connectivity index (χ2v) is 4.59. The number of hydrogen-bond donors (Lipinski definition) is 3. The van der Waals surface area contributed by atoms with Gasteiger partial charge < -0.3 is 20.4 Å². The Hall–Kier alpha value is -2.08. The van der Waals surface area contributed by atoms with E-state index in [1.807, 2.05) is 30.3 Å². The molecule has 0 saturated carbocycles. The van der Waals surface area contributed by atoms with Gasteiger partial charge in [0.1, 0.15) is 6.04 Å². The summed E-state index contributed by atoms with van der Waals surface area (Å²) in [6, 6.07) is 8.41. The number of β-amino-alcohol motifs (C(OH)–C–C–N with tert-alkyl or cyclic N) is 1. The zero-order valence-electron chi connectivity index (χ0n) is 10.3. The van der Waals surface area contributed by atoms with Crippen molar-refractivity contribution in [3.63, 3.8) is 0 Å². The Morgan fingerprint density at radius 3 is 2.47 bits per heavy atom. The first-order valence-electron chi connectivity index (χ1n) is 6.06. The molecule has 1 heterocycles. The Kier molecular flexibility index (Phi) is 4.01. The van der Waals surface area contributed by atoms with E-state index in [9.17, 15) is 14.7 Å². The molecule has 1 unspecified atom stereocenters. The molecule has 102 valence electrons. The Labute approximate surface area is 110 Å². The molecule has 1 aromatic rings. The van der Waals surface area contributed by atoms with Gasteiger partial charge in [-0.1, -0.05) is 30.3 Å². The van der Waals surface area contributed by atoms with Crippen LogP contribution in [0.1, 0.15) is 5.56 Å². The maximum atomic E-state index is 12.1. The van der Waals surface area contributed by atoms with Crippen molar-refractivity contribution in [1.29, 1.82) is 0 Å². The predicted molar refractivity (Wildman–Crippen MR) is 67.7 cm³/mol. The molecule has 0 aliphatic carbocycles. The standard InChI is InChI=1S/C13H16N2O4/c16-10-7-15(8-10)12(17)11(14-13(18)19)6-9-4-2-1-3-5-9/h1-5,10-11,14,16H,6-8H2,(H,18,19). The van der Waals surface area contributed by atoms with Crippen molar-refractivity contribution in [2.24, 2.45) is 0 Å². The van der Waals surface area contributed by atoms with Crippen LogP contribution in [0.5, 0.6) is 0 Å². The third kappa shape index (κ3) is 3.45. The van der Waals surface area contributed by atoms with Gasteiger partial charge in [-0.15, -0.1) is 0 Å². The zero-order chi connectivity index (χ0) is 13.8. The molecule has 1 aliphatic rings. The van der Waals surface area contributed by atoms with Gasteiger partial charge in [-0.05, 0) is 5.56 Å². The van der Waals surface area contributed by atoms with E-state index in [-0.39, 0.29) is 19.0 Å². The van der Waals surface area contributed by atoms with Crippen molar-refractivity contribution in [3.8, 4) is 0 Å². The number of carbonyl (C=O) groups excluding carboxylic acids is 1. The molecule has 1 saturated heterocycles. The molecule has 0 bridgehead atoms. The van der Waals surface area contributed by atoms with Gasteiger partial charge in [-0.2, -0.15) is 0 Å². The summed E-state index contributed by atoms with van der Waals surface area (Å²) in [5.74, 6) is -0.295. The number of rotatable bonds is 4. The van der Waals surface area contributed by atoms with Crippen LogP contribution < -0.4 is 5.32 Å². The molecular formula is C13H16N2O4. The van der Waals surface area contributed by atoms with Gasteiger partial charge in [0.25, 0.3) is 0 Å². The number of benzene rings is 1. The minimum absolute atomic E-state index is 0.269. The van der Waals surface area contributed by atoms with Crippen molar-refractivity contribution in [1.82, 2.24) is 10.2 Å². The largest absolute Gasteiger partial charge is 0.465 e. The number of likely N-dealkylation sites (tertiary alicyclic amines) is 1. The molecule has 0 aromatic heterocycles. The Balaban J connectivity index is 2.03. The third-order valence-electron chi connectivity index (χ3n) is 3.05. The van der Waals surface area contributed by atoms with Crippen molar-refractivity contribution < 1.29 is 19.8 Å². The summed E-state index contributed by atoms with van der Waals surface area (Å²) in [4.78, 5) is 24.3. The maximum Gasteiger partial charge on any atom is 0.405 e. The lowest BCUT2D eigenvalue weighted by Gasteiger charge is -2.38. The molecule has 3 N–H and O–H groups in total. The quantitative estimate of drug-likeness (QED) is 0.717. The molecule has 6 heteroatoms.